The summed E-state index contributed by atoms with van der Waals surface area (Å²) >= 11 is 5.34. The number of aliphatic hydroxyl groups excluding tert-OH is 1. The summed E-state index contributed by atoms with van der Waals surface area (Å²) in [6.45, 7) is 1.38. The van der Waals surface area contributed by atoms with E-state index in [9.17, 15) is 10.2 Å². The predicted octanol–water partition coefficient (Wildman–Crippen LogP) is 3.77. The van der Waals surface area contributed by atoms with Crippen molar-refractivity contribution in [1.29, 1.82) is 0 Å². The fourth-order valence-electron chi connectivity index (χ4n) is 2.86. The Kier molecular flexibility index (Phi) is 8.66. The number of thiocarbonyl (C=S) groups is 1. The van der Waals surface area contributed by atoms with E-state index in [-0.39, 0.29) is 12.4 Å². The maximum absolute atomic E-state index is 10.0. The van der Waals surface area contributed by atoms with Gasteiger partial charge in [0.2, 0.25) is 0 Å². The number of ether oxygens (including phenoxy) is 1. The second-order valence-electron chi connectivity index (χ2n) is 7.05. The van der Waals surface area contributed by atoms with Gasteiger partial charge in [0.1, 0.15) is 24.2 Å². The highest BCUT2D eigenvalue weighted by Crippen LogP contribution is 2.16. The number of aromatic hydroxyl groups is 1. The highest BCUT2D eigenvalue weighted by Gasteiger charge is 2.05. The smallest absolute Gasteiger partial charge is 0.175 e. The first-order valence-corrected chi connectivity index (χ1v) is 10.5. The minimum atomic E-state index is -0.612. The lowest BCUT2D eigenvalue weighted by Crippen LogP contribution is -2.32. The SMILES string of the molecule is Oc1ccc(OC[C@@H](O)CNCCc2ccc(NC(=S)Nc3ccccc3)cc2)cc1. The molecule has 7 heteroatoms. The van der Waals surface area contributed by atoms with E-state index in [2.05, 4.69) is 28.1 Å². The van der Waals surface area contributed by atoms with Crippen LogP contribution < -0.4 is 20.7 Å². The summed E-state index contributed by atoms with van der Waals surface area (Å²) in [6, 6.07) is 24.3. The Morgan fingerprint density at radius 1 is 0.871 bits per heavy atom. The van der Waals surface area contributed by atoms with Crippen molar-refractivity contribution in [2.75, 3.05) is 30.3 Å². The van der Waals surface area contributed by atoms with Crippen molar-refractivity contribution in [3.8, 4) is 11.5 Å². The molecule has 0 saturated carbocycles. The number of hydrogen-bond donors (Lipinski definition) is 5. The van der Waals surface area contributed by atoms with E-state index in [1.54, 1.807) is 24.3 Å². The maximum Gasteiger partial charge on any atom is 0.175 e. The van der Waals surface area contributed by atoms with Gasteiger partial charge >= 0.3 is 0 Å². The lowest BCUT2D eigenvalue weighted by Gasteiger charge is -2.14. The van der Waals surface area contributed by atoms with Crippen molar-refractivity contribution in [1.82, 2.24) is 5.32 Å². The molecule has 6 nitrogen and oxygen atoms in total. The van der Waals surface area contributed by atoms with Gasteiger partial charge < -0.3 is 30.9 Å². The van der Waals surface area contributed by atoms with E-state index >= 15 is 0 Å². The van der Waals surface area contributed by atoms with Crippen LogP contribution in [0.2, 0.25) is 0 Å². The molecule has 3 aromatic rings. The Hall–Kier alpha value is -3.13. The third-order valence-corrected chi connectivity index (χ3v) is 4.70. The highest BCUT2D eigenvalue weighted by atomic mass is 32.1. The van der Waals surface area contributed by atoms with E-state index in [0.717, 1.165) is 24.3 Å². The summed E-state index contributed by atoms with van der Waals surface area (Å²) in [5.74, 6) is 0.800. The molecule has 0 bridgehead atoms. The van der Waals surface area contributed by atoms with Crippen molar-refractivity contribution in [3.05, 3.63) is 84.4 Å². The molecule has 1 atom stereocenters. The molecule has 0 spiro atoms. The Bertz CT molecular complexity index is 935. The first-order valence-electron chi connectivity index (χ1n) is 10.1. The average Bonchev–Trinajstić information content (AvgIpc) is 2.78. The standard InChI is InChI=1S/C24H27N3O3S/c28-21-10-12-23(13-11-21)30-17-22(29)16-25-15-14-18-6-8-20(9-7-18)27-24(31)26-19-4-2-1-3-5-19/h1-13,22,25,28-29H,14-17H2,(H2,26,27,31)/t22-/m0/s1. The van der Waals surface area contributed by atoms with Crippen LogP contribution in [0.3, 0.4) is 0 Å². The molecular formula is C24H27N3O3S. The zero-order valence-corrected chi connectivity index (χ0v) is 17.9. The topological polar surface area (TPSA) is 85.8 Å². The molecule has 0 aliphatic heterocycles. The van der Waals surface area contributed by atoms with Crippen molar-refractivity contribution >= 4 is 28.7 Å². The first kappa shape index (κ1) is 22.6. The zero-order chi connectivity index (χ0) is 21.9. The van der Waals surface area contributed by atoms with Crippen molar-refractivity contribution < 1.29 is 14.9 Å². The number of phenolic OH excluding ortho intramolecular Hbond substituents is 1. The van der Waals surface area contributed by atoms with Gasteiger partial charge in [-0.3, -0.25) is 0 Å². The quantitative estimate of drug-likeness (QED) is 0.244. The molecule has 3 aromatic carbocycles. The third kappa shape index (κ3) is 8.25. The number of aliphatic hydroxyl groups is 1. The van der Waals surface area contributed by atoms with Crippen LogP contribution in [0.25, 0.3) is 0 Å². The monoisotopic (exact) mass is 437 g/mol. The molecule has 5 N–H and O–H groups in total. The fraction of sp³-hybridized carbons (Fsp3) is 0.208. The molecule has 0 aromatic heterocycles. The van der Waals surface area contributed by atoms with Gasteiger partial charge in [0.05, 0.1) is 0 Å². The summed E-state index contributed by atoms with van der Waals surface area (Å²) in [5.41, 5.74) is 3.06. The van der Waals surface area contributed by atoms with Crippen molar-refractivity contribution in [2.24, 2.45) is 0 Å². The third-order valence-electron chi connectivity index (χ3n) is 4.49. The average molecular weight is 438 g/mol. The second kappa shape index (κ2) is 11.9. The largest absolute Gasteiger partial charge is 0.508 e. The molecule has 31 heavy (non-hydrogen) atoms. The minimum Gasteiger partial charge on any atom is -0.508 e. The molecule has 0 unspecified atom stereocenters. The lowest BCUT2D eigenvalue weighted by molar-refractivity contribution is 0.106. The summed E-state index contributed by atoms with van der Waals surface area (Å²) in [7, 11) is 0. The summed E-state index contributed by atoms with van der Waals surface area (Å²) < 4.78 is 5.50. The van der Waals surface area contributed by atoms with Crippen molar-refractivity contribution in [3.63, 3.8) is 0 Å². The van der Waals surface area contributed by atoms with Crippen LogP contribution >= 0.6 is 12.2 Å². The number of benzene rings is 3. The summed E-state index contributed by atoms with van der Waals surface area (Å²) in [4.78, 5) is 0. The Morgan fingerprint density at radius 3 is 2.19 bits per heavy atom. The van der Waals surface area contributed by atoms with Crippen LogP contribution in [0.1, 0.15) is 5.56 Å². The van der Waals surface area contributed by atoms with E-state index < -0.39 is 6.10 Å². The number of hydrogen-bond acceptors (Lipinski definition) is 5. The number of anilines is 2. The van der Waals surface area contributed by atoms with Crippen molar-refractivity contribution in [2.45, 2.75) is 12.5 Å². The number of phenols is 1. The molecule has 0 amide bonds. The molecule has 162 valence electrons. The Labute approximate surface area is 187 Å². The molecule has 0 aliphatic carbocycles. The molecule has 0 heterocycles. The van der Waals surface area contributed by atoms with Crippen LogP contribution in [0, 0.1) is 0 Å². The van der Waals surface area contributed by atoms with Crippen LogP contribution in [-0.2, 0) is 6.42 Å². The molecule has 0 aliphatic rings. The number of para-hydroxylation sites is 1. The first-order chi connectivity index (χ1) is 15.1. The van der Waals surface area contributed by atoms with Crippen LogP contribution in [-0.4, -0.2) is 41.1 Å². The van der Waals surface area contributed by atoms with Gasteiger partial charge in [-0.05, 0) is 79.3 Å². The van der Waals surface area contributed by atoms with Gasteiger partial charge in [-0.25, -0.2) is 0 Å². The normalized spacial score (nSPS) is 11.5. The molecule has 0 fully saturated rings. The lowest BCUT2D eigenvalue weighted by atomic mass is 10.1. The van der Waals surface area contributed by atoms with Gasteiger partial charge in [0, 0.05) is 17.9 Å². The molecular weight excluding hydrogens is 410 g/mol. The van der Waals surface area contributed by atoms with Crippen LogP contribution in [0.4, 0.5) is 11.4 Å². The number of rotatable bonds is 10. The Balaban J connectivity index is 1.31. The highest BCUT2D eigenvalue weighted by molar-refractivity contribution is 7.80. The number of nitrogens with one attached hydrogen (secondary N) is 3. The van der Waals surface area contributed by atoms with Crippen LogP contribution in [0.15, 0.2) is 78.9 Å². The van der Waals surface area contributed by atoms with E-state index in [1.165, 1.54) is 5.56 Å². The maximum atomic E-state index is 10.0. The molecule has 0 saturated heterocycles. The van der Waals surface area contributed by atoms with E-state index in [4.69, 9.17) is 17.0 Å². The molecule has 3 rings (SSSR count). The summed E-state index contributed by atoms with van der Waals surface area (Å²) in [6.07, 6.45) is 0.233. The van der Waals surface area contributed by atoms with Gasteiger partial charge in [0.25, 0.3) is 0 Å². The van der Waals surface area contributed by atoms with Gasteiger partial charge in [-0.15, -0.1) is 0 Å². The second-order valence-corrected chi connectivity index (χ2v) is 7.46. The van der Waals surface area contributed by atoms with E-state index in [0.29, 0.717) is 17.4 Å². The molecule has 0 radical (unpaired) electrons. The zero-order valence-electron chi connectivity index (χ0n) is 17.1. The van der Waals surface area contributed by atoms with Gasteiger partial charge in [-0.2, -0.15) is 0 Å². The summed E-state index contributed by atoms with van der Waals surface area (Å²) in [5, 5.41) is 29.4. The predicted molar refractivity (Wildman–Crippen MR) is 129 cm³/mol. The van der Waals surface area contributed by atoms with E-state index in [1.807, 2.05) is 42.5 Å². The Morgan fingerprint density at radius 2 is 1.52 bits per heavy atom. The minimum absolute atomic E-state index is 0.185. The van der Waals surface area contributed by atoms with Crippen LogP contribution in [0.5, 0.6) is 11.5 Å². The fourth-order valence-corrected chi connectivity index (χ4v) is 3.10. The van der Waals surface area contributed by atoms with Gasteiger partial charge in [0.15, 0.2) is 5.11 Å². The van der Waals surface area contributed by atoms with Gasteiger partial charge in [-0.1, -0.05) is 30.3 Å².